The van der Waals surface area contributed by atoms with E-state index in [0.29, 0.717) is 45.8 Å². The highest BCUT2D eigenvalue weighted by Crippen LogP contribution is 2.44. The van der Waals surface area contributed by atoms with Crippen LogP contribution in [0.1, 0.15) is 48.7 Å². The molecule has 0 saturated carbocycles. The molecule has 0 aliphatic carbocycles. The number of hydrogen-bond donors (Lipinski definition) is 2. The fourth-order valence-corrected chi connectivity index (χ4v) is 4.84. The molecule has 0 bridgehead atoms. The number of likely N-dealkylation sites (tertiary alicyclic amines) is 1. The molecule has 7 nitrogen and oxygen atoms in total. The lowest BCUT2D eigenvalue weighted by molar-refractivity contribution is -0.212. The minimum atomic E-state index is -0.867. The Morgan fingerprint density at radius 1 is 1.30 bits per heavy atom. The summed E-state index contributed by atoms with van der Waals surface area (Å²) in [6.07, 6.45) is 1.24. The van der Waals surface area contributed by atoms with Gasteiger partial charge in [-0.25, -0.2) is 0 Å². The molecule has 7 heteroatoms. The van der Waals surface area contributed by atoms with Crippen molar-refractivity contribution in [2.75, 3.05) is 33.0 Å². The van der Waals surface area contributed by atoms with Crippen LogP contribution >= 0.6 is 0 Å². The lowest BCUT2D eigenvalue weighted by Crippen LogP contribution is -2.69. The molecule has 4 atom stereocenters. The summed E-state index contributed by atoms with van der Waals surface area (Å²) in [5, 5.41) is 11.3. The summed E-state index contributed by atoms with van der Waals surface area (Å²) in [5.41, 5.74) is -0.245. The van der Waals surface area contributed by atoms with Gasteiger partial charge in [-0.15, -0.1) is 0 Å². The maximum absolute atomic E-state index is 13.3. The van der Waals surface area contributed by atoms with Crippen LogP contribution in [0.3, 0.4) is 0 Å². The van der Waals surface area contributed by atoms with Gasteiger partial charge < -0.3 is 24.5 Å². The van der Waals surface area contributed by atoms with Crippen LogP contribution in [0.5, 0.6) is 0 Å². The Labute approximate surface area is 158 Å². The van der Waals surface area contributed by atoms with Gasteiger partial charge in [0.1, 0.15) is 5.56 Å². The summed E-state index contributed by atoms with van der Waals surface area (Å²) >= 11 is 0. The van der Waals surface area contributed by atoms with E-state index in [1.807, 2.05) is 19.9 Å². The van der Waals surface area contributed by atoms with Crippen molar-refractivity contribution in [2.45, 2.75) is 44.2 Å². The first kappa shape index (κ1) is 18.7. The van der Waals surface area contributed by atoms with Gasteiger partial charge in [-0.1, -0.05) is 13.8 Å². The van der Waals surface area contributed by atoms with Crippen LogP contribution in [0, 0.1) is 11.8 Å². The van der Waals surface area contributed by atoms with Gasteiger partial charge in [0.15, 0.2) is 0 Å². The van der Waals surface area contributed by atoms with E-state index < -0.39 is 5.60 Å². The molecule has 4 rings (SSSR count). The molecule has 2 N–H and O–H groups in total. The molecule has 0 aromatic carbocycles. The van der Waals surface area contributed by atoms with E-state index in [1.54, 1.807) is 11.0 Å². The molecule has 0 spiro atoms. The minimum absolute atomic E-state index is 0.116. The molecule has 0 radical (unpaired) electrons. The second kappa shape index (κ2) is 7.04. The number of aliphatic hydroxyl groups is 1. The SMILES string of the molecule is CC(C)c1ccc(C(=O)N2C[C@H]3COCC[C@@]3(O)[C@@H]3COCC[C@@H]32)c(=O)[nH]1. The number of aromatic amines is 1. The first-order valence-corrected chi connectivity index (χ1v) is 9.84. The van der Waals surface area contributed by atoms with Crippen LogP contribution in [-0.2, 0) is 9.47 Å². The first-order chi connectivity index (χ1) is 12.9. The van der Waals surface area contributed by atoms with Crippen molar-refractivity contribution in [1.82, 2.24) is 9.88 Å². The van der Waals surface area contributed by atoms with E-state index in [4.69, 9.17) is 9.47 Å². The number of H-pyrrole nitrogens is 1. The van der Waals surface area contributed by atoms with Crippen molar-refractivity contribution >= 4 is 5.91 Å². The van der Waals surface area contributed by atoms with Gasteiger partial charge in [0, 0.05) is 49.8 Å². The highest BCUT2D eigenvalue weighted by molar-refractivity contribution is 5.94. The van der Waals surface area contributed by atoms with Gasteiger partial charge in [0.25, 0.3) is 11.5 Å². The van der Waals surface area contributed by atoms with E-state index >= 15 is 0 Å². The van der Waals surface area contributed by atoms with Crippen LogP contribution < -0.4 is 5.56 Å². The third kappa shape index (κ3) is 3.11. The third-order valence-corrected chi connectivity index (χ3v) is 6.50. The minimum Gasteiger partial charge on any atom is -0.389 e. The zero-order valence-electron chi connectivity index (χ0n) is 15.9. The monoisotopic (exact) mass is 376 g/mol. The summed E-state index contributed by atoms with van der Waals surface area (Å²) in [5.74, 6) is -0.388. The zero-order chi connectivity index (χ0) is 19.2. The van der Waals surface area contributed by atoms with Crippen molar-refractivity contribution < 1.29 is 19.4 Å². The molecule has 148 valence electrons. The number of nitrogens with zero attached hydrogens (tertiary/aromatic N) is 1. The molecule has 3 aliphatic rings. The Balaban J connectivity index is 1.66. The van der Waals surface area contributed by atoms with Gasteiger partial charge in [0.2, 0.25) is 0 Å². The van der Waals surface area contributed by atoms with Gasteiger partial charge in [0.05, 0.1) is 18.8 Å². The van der Waals surface area contributed by atoms with Gasteiger partial charge in [-0.05, 0) is 24.5 Å². The Morgan fingerprint density at radius 2 is 2.07 bits per heavy atom. The predicted octanol–water partition coefficient (Wildman–Crippen LogP) is 1.13. The highest BCUT2D eigenvalue weighted by Gasteiger charge is 2.56. The number of amides is 1. The van der Waals surface area contributed by atoms with E-state index in [0.717, 1.165) is 5.69 Å². The van der Waals surface area contributed by atoms with Crippen molar-refractivity contribution in [3.8, 4) is 0 Å². The lowest BCUT2D eigenvalue weighted by Gasteiger charge is -2.57. The molecule has 3 aliphatic heterocycles. The molecule has 1 aromatic rings. The Hall–Kier alpha value is -1.70. The fraction of sp³-hybridized carbons (Fsp3) is 0.700. The number of rotatable bonds is 2. The van der Waals surface area contributed by atoms with E-state index in [1.165, 1.54) is 0 Å². The number of aromatic nitrogens is 1. The van der Waals surface area contributed by atoms with E-state index in [9.17, 15) is 14.7 Å². The van der Waals surface area contributed by atoms with Gasteiger partial charge in [-0.3, -0.25) is 9.59 Å². The molecule has 4 heterocycles. The molecule has 3 fully saturated rings. The first-order valence-electron chi connectivity index (χ1n) is 9.84. The Bertz CT molecular complexity index is 776. The molecule has 0 unspecified atom stereocenters. The quantitative estimate of drug-likeness (QED) is 0.807. The molecular weight excluding hydrogens is 348 g/mol. The summed E-state index contributed by atoms with van der Waals surface area (Å²) in [4.78, 5) is 30.4. The van der Waals surface area contributed by atoms with Crippen molar-refractivity contribution in [2.24, 2.45) is 11.8 Å². The number of ether oxygens (including phenoxy) is 2. The number of fused-ring (bicyclic) bond motifs is 3. The number of carbonyl (C=O) groups excluding carboxylic acids is 1. The fourth-order valence-electron chi connectivity index (χ4n) is 4.84. The largest absolute Gasteiger partial charge is 0.389 e. The van der Waals surface area contributed by atoms with Crippen LogP contribution in [0.2, 0.25) is 0 Å². The molecule has 27 heavy (non-hydrogen) atoms. The van der Waals surface area contributed by atoms with Crippen molar-refractivity contribution in [3.05, 3.63) is 33.7 Å². The highest BCUT2D eigenvalue weighted by atomic mass is 16.5. The average Bonchev–Trinajstić information content (AvgIpc) is 2.67. The second-order valence-corrected chi connectivity index (χ2v) is 8.32. The van der Waals surface area contributed by atoms with Crippen molar-refractivity contribution in [1.29, 1.82) is 0 Å². The smallest absolute Gasteiger partial charge is 0.261 e. The van der Waals surface area contributed by atoms with Crippen LogP contribution in [0.4, 0.5) is 0 Å². The summed E-state index contributed by atoms with van der Waals surface area (Å²) < 4.78 is 11.2. The Kier molecular flexibility index (Phi) is 4.86. The summed E-state index contributed by atoms with van der Waals surface area (Å²) in [6.45, 7) is 6.34. The van der Waals surface area contributed by atoms with E-state index in [2.05, 4.69) is 4.98 Å². The number of pyridine rings is 1. The number of nitrogens with one attached hydrogen (secondary N) is 1. The third-order valence-electron chi connectivity index (χ3n) is 6.50. The predicted molar refractivity (Wildman–Crippen MR) is 98.8 cm³/mol. The molecule has 1 aromatic heterocycles. The number of carbonyl (C=O) groups is 1. The number of piperidine rings is 1. The lowest BCUT2D eigenvalue weighted by atomic mass is 9.66. The molecule has 3 saturated heterocycles. The average molecular weight is 376 g/mol. The maximum Gasteiger partial charge on any atom is 0.261 e. The maximum atomic E-state index is 13.3. The molecular formula is C20H28N2O5. The second-order valence-electron chi connectivity index (χ2n) is 8.32. The van der Waals surface area contributed by atoms with Crippen LogP contribution in [-0.4, -0.2) is 65.5 Å². The Morgan fingerprint density at radius 3 is 2.81 bits per heavy atom. The normalized spacial score (nSPS) is 33.5. The van der Waals surface area contributed by atoms with E-state index in [-0.39, 0.29) is 40.8 Å². The topological polar surface area (TPSA) is 91.9 Å². The standard InChI is InChI=1S/C20H28N2O5/c1-12(2)16-4-3-14(18(23)21-16)19(24)22-9-13-10-27-8-6-20(13,25)15-11-26-7-5-17(15)22/h3-4,12-13,15,17,25H,5-11H2,1-2H3,(H,21,23)/t13-,15+,17-,20-/m0/s1. The van der Waals surface area contributed by atoms with Gasteiger partial charge in [-0.2, -0.15) is 0 Å². The van der Waals surface area contributed by atoms with Crippen LogP contribution in [0.15, 0.2) is 16.9 Å². The number of hydrogen-bond acceptors (Lipinski definition) is 5. The van der Waals surface area contributed by atoms with Crippen LogP contribution in [0.25, 0.3) is 0 Å². The zero-order valence-corrected chi connectivity index (χ0v) is 15.9. The summed E-state index contributed by atoms with van der Waals surface area (Å²) in [7, 11) is 0. The molecule has 1 amide bonds. The summed E-state index contributed by atoms with van der Waals surface area (Å²) in [6, 6.07) is 3.32. The van der Waals surface area contributed by atoms with Gasteiger partial charge >= 0.3 is 0 Å². The van der Waals surface area contributed by atoms with Crippen molar-refractivity contribution in [3.63, 3.8) is 0 Å².